The summed E-state index contributed by atoms with van der Waals surface area (Å²) in [6.45, 7) is 3.87. The Balaban J connectivity index is 2.08. The summed E-state index contributed by atoms with van der Waals surface area (Å²) in [5, 5.41) is 3.26. The van der Waals surface area contributed by atoms with Crippen LogP contribution >= 0.6 is 11.6 Å². The molecule has 2 aromatic carbocycles. The first kappa shape index (κ1) is 21.3. The number of sulfone groups is 1. The molecule has 2 unspecified atom stereocenters. The monoisotopic (exact) mass is 434 g/mol. The number of fused-ring (bicyclic) bond motifs is 1. The summed E-state index contributed by atoms with van der Waals surface area (Å²) in [4.78, 5) is 27.7. The van der Waals surface area contributed by atoms with Crippen LogP contribution in [-0.4, -0.2) is 32.5 Å². The predicted octanol–water partition coefficient (Wildman–Crippen LogP) is 3.69. The Morgan fingerprint density at radius 2 is 1.93 bits per heavy atom. The van der Waals surface area contributed by atoms with E-state index >= 15 is 0 Å². The van der Waals surface area contributed by atoms with Crippen LogP contribution in [0.15, 0.2) is 47.4 Å². The van der Waals surface area contributed by atoms with Crippen LogP contribution in [0.25, 0.3) is 0 Å². The maximum absolute atomic E-state index is 13.3. The molecular formula is C21H23ClN2O4S. The van der Waals surface area contributed by atoms with Crippen LogP contribution in [0.3, 0.4) is 0 Å². The Hall–Kier alpha value is -2.38. The minimum Gasteiger partial charge on any atom is -0.322 e. The number of hydrogen-bond acceptors (Lipinski definition) is 4. The predicted molar refractivity (Wildman–Crippen MR) is 114 cm³/mol. The smallest absolute Gasteiger partial charge is 0.247 e. The molecule has 0 bridgehead atoms. The zero-order valence-electron chi connectivity index (χ0n) is 16.5. The van der Waals surface area contributed by atoms with Crippen LogP contribution in [0.1, 0.15) is 25.8 Å². The average Bonchev–Trinajstić information content (AvgIpc) is 2.66. The van der Waals surface area contributed by atoms with Gasteiger partial charge in [-0.3, -0.25) is 14.5 Å². The lowest BCUT2D eigenvalue weighted by atomic mass is 9.93. The molecule has 1 aliphatic heterocycles. The van der Waals surface area contributed by atoms with E-state index in [9.17, 15) is 18.0 Å². The number of nitrogens with zero attached hydrogens (tertiary/aromatic N) is 1. The number of halogens is 1. The van der Waals surface area contributed by atoms with Gasteiger partial charge in [0.15, 0.2) is 9.84 Å². The molecule has 0 spiro atoms. The van der Waals surface area contributed by atoms with Crippen LogP contribution in [0.4, 0.5) is 11.4 Å². The fourth-order valence-corrected chi connectivity index (χ4v) is 4.29. The second kappa shape index (κ2) is 8.16. The fraction of sp³-hybridized carbons (Fsp3) is 0.333. The Bertz CT molecular complexity index is 1070. The second-order valence-corrected chi connectivity index (χ2v) is 9.73. The third-order valence-electron chi connectivity index (χ3n) is 5.21. The van der Waals surface area contributed by atoms with Crippen LogP contribution in [0.5, 0.6) is 0 Å². The van der Waals surface area contributed by atoms with Crippen molar-refractivity contribution in [1.82, 2.24) is 0 Å². The molecule has 1 heterocycles. The van der Waals surface area contributed by atoms with Crippen molar-refractivity contribution >= 4 is 44.6 Å². The van der Waals surface area contributed by atoms with Crippen LogP contribution in [0.2, 0.25) is 5.02 Å². The number of rotatable bonds is 5. The molecule has 1 aliphatic rings. The molecule has 154 valence electrons. The zero-order valence-corrected chi connectivity index (χ0v) is 18.0. The van der Waals surface area contributed by atoms with Gasteiger partial charge < -0.3 is 5.32 Å². The van der Waals surface area contributed by atoms with Crippen molar-refractivity contribution in [3.8, 4) is 0 Å². The van der Waals surface area contributed by atoms with Gasteiger partial charge in [0, 0.05) is 11.3 Å². The average molecular weight is 435 g/mol. The lowest BCUT2D eigenvalue weighted by molar-refractivity contribution is -0.124. The van der Waals surface area contributed by atoms with Crippen molar-refractivity contribution in [3.05, 3.63) is 53.1 Å². The van der Waals surface area contributed by atoms with E-state index in [1.807, 2.05) is 13.8 Å². The molecule has 1 N–H and O–H groups in total. The van der Waals surface area contributed by atoms with Crippen molar-refractivity contribution in [2.75, 3.05) is 16.5 Å². The first-order valence-electron chi connectivity index (χ1n) is 9.34. The van der Waals surface area contributed by atoms with Gasteiger partial charge in [0.05, 0.1) is 22.7 Å². The molecule has 8 heteroatoms. The van der Waals surface area contributed by atoms with E-state index in [1.165, 1.54) is 17.0 Å². The first-order valence-corrected chi connectivity index (χ1v) is 11.6. The lowest BCUT2D eigenvalue weighted by Gasteiger charge is -2.39. The summed E-state index contributed by atoms with van der Waals surface area (Å²) in [6, 6.07) is 10.8. The van der Waals surface area contributed by atoms with Gasteiger partial charge in [0.25, 0.3) is 0 Å². The van der Waals surface area contributed by atoms with Gasteiger partial charge >= 0.3 is 0 Å². The summed E-state index contributed by atoms with van der Waals surface area (Å²) in [5.74, 6) is -0.690. The van der Waals surface area contributed by atoms with Gasteiger partial charge in [-0.1, -0.05) is 50.1 Å². The fourth-order valence-electron chi connectivity index (χ4n) is 3.45. The molecule has 0 aliphatic carbocycles. The molecule has 2 aromatic rings. The number of carbonyl (C=O) groups excluding carboxylic acids is 2. The van der Waals surface area contributed by atoms with E-state index in [0.717, 1.165) is 6.26 Å². The molecule has 0 saturated carbocycles. The van der Waals surface area contributed by atoms with Crippen LogP contribution < -0.4 is 10.2 Å². The Morgan fingerprint density at radius 3 is 2.55 bits per heavy atom. The highest BCUT2D eigenvalue weighted by Crippen LogP contribution is 2.37. The molecule has 29 heavy (non-hydrogen) atoms. The van der Waals surface area contributed by atoms with Crippen molar-refractivity contribution < 1.29 is 18.0 Å². The van der Waals surface area contributed by atoms with E-state index in [2.05, 4.69) is 5.32 Å². The summed E-state index contributed by atoms with van der Waals surface area (Å²) in [6.07, 6.45) is 1.83. The molecule has 0 aromatic heterocycles. The third kappa shape index (κ3) is 4.31. The third-order valence-corrected chi connectivity index (χ3v) is 6.69. The highest BCUT2D eigenvalue weighted by molar-refractivity contribution is 7.90. The van der Waals surface area contributed by atoms with Crippen LogP contribution in [-0.2, 0) is 25.8 Å². The second-order valence-electron chi connectivity index (χ2n) is 7.30. The Morgan fingerprint density at radius 1 is 1.24 bits per heavy atom. The minimum atomic E-state index is -3.45. The zero-order chi connectivity index (χ0) is 21.3. The van der Waals surface area contributed by atoms with Crippen molar-refractivity contribution in [3.63, 3.8) is 0 Å². The van der Waals surface area contributed by atoms with Crippen LogP contribution in [0, 0.1) is 5.92 Å². The molecule has 6 nitrogen and oxygen atoms in total. The quantitative estimate of drug-likeness (QED) is 0.777. The topological polar surface area (TPSA) is 83.6 Å². The number of hydrogen-bond donors (Lipinski definition) is 1. The van der Waals surface area contributed by atoms with E-state index in [4.69, 9.17) is 11.6 Å². The highest BCUT2D eigenvalue weighted by Gasteiger charge is 2.39. The van der Waals surface area contributed by atoms with Gasteiger partial charge in [-0.15, -0.1) is 0 Å². The SMILES string of the molecule is CCC(C)C1C(=O)Nc2cc(S(C)(=O)=O)ccc2N1C(=O)Cc1ccccc1Cl. The van der Waals surface area contributed by atoms with Crippen molar-refractivity contribution in [1.29, 1.82) is 0 Å². The standard InChI is InChI=1S/C21H23ClN2O4S/c1-4-13(2)20-21(26)23-17-12-15(29(3,27)28)9-10-18(17)24(20)19(25)11-14-7-5-6-8-16(14)22/h5-10,12-13,20H,4,11H2,1-3H3,(H,23,26). The van der Waals surface area contributed by atoms with E-state index < -0.39 is 15.9 Å². The molecule has 2 atom stereocenters. The van der Waals surface area contributed by atoms with Crippen molar-refractivity contribution in [2.24, 2.45) is 5.92 Å². The van der Waals surface area contributed by atoms with Gasteiger partial charge in [-0.05, 0) is 35.7 Å². The van der Waals surface area contributed by atoms with E-state index in [1.54, 1.807) is 30.3 Å². The lowest BCUT2D eigenvalue weighted by Crippen LogP contribution is -2.54. The molecule has 0 fully saturated rings. The van der Waals surface area contributed by atoms with Gasteiger partial charge in [-0.25, -0.2) is 8.42 Å². The highest BCUT2D eigenvalue weighted by atomic mass is 35.5. The number of benzene rings is 2. The maximum Gasteiger partial charge on any atom is 0.247 e. The number of carbonyl (C=O) groups is 2. The summed E-state index contributed by atoms with van der Waals surface area (Å²) < 4.78 is 23.8. The normalized spacial score (nSPS) is 17.4. The molecule has 3 rings (SSSR count). The minimum absolute atomic E-state index is 0.0349. The van der Waals surface area contributed by atoms with E-state index in [-0.39, 0.29) is 29.0 Å². The summed E-state index contributed by atoms with van der Waals surface area (Å²) in [7, 11) is -3.45. The van der Waals surface area contributed by atoms with Crippen molar-refractivity contribution in [2.45, 2.75) is 37.6 Å². The number of nitrogens with one attached hydrogen (secondary N) is 1. The Kier molecular flexibility index (Phi) is 6.00. The summed E-state index contributed by atoms with van der Waals surface area (Å²) >= 11 is 6.22. The number of anilines is 2. The van der Waals surface area contributed by atoms with Gasteiger partial charge in [-0.2, -0.15) is 0 Å². The molecular weight excluding hydrogens is 412 g/mol. The molecule has 2 amide bonds. The largest absolute Gasteiger partial charge is 0.322 e. The summed E-state index contributed by atoms with van der Waals surface area (Å²) in [5.41, 5.74) is 1.46. The molecule has 0 saturated heterocycles. The number of amides is 2. The Labute approximate surface area is 175 Å². The van der Waals surface area contributed by atoms with E-state index in [0.29, 0.717) is 28.4 Å². The first-order chi connectivity index (χ1) is 13.6. The maximum atomic E-state index is 13.3. The van der Waals surface area contributed by atoms with Gasteiger partial charge in [0.2, 0.25) is 11.8 Å². The van der Waals surface area contributed by atoms with Gasteiger partial charge in [0.1, 0.15) is 6.04 Å². The molecule has 0 radical (unpaired) electrons.